The first-order valence-electron chi connectivity index (χ1n) is 5.56. The van der Waals surface area contributed by atoms with Gasteiger partial charge in [0.25, 0.3) is 0 Å². The zero-order valence-corrected chi connectivity index (χ0v) is 10.3. The van der Waals surface area contributed by atoms with E-state index < -0.39 is 0 Å². The van der Waals surface area contributed by atoms with Gasteiger partial charge >= 0.3 is 0 Å². The average molecular weight is 220 g/mol. The highest BCUT2D eigenvalue weighted by atomic mass is 16.2. The van der Waals surface area contributed by atoms with Gasteiger partial charge in [0, 0.05) is 27.6 Å². The van der Waals surface area contributed by atoms with Crippen LogP contribution in [-0.2, 0) is 17.8 Å². The molecule has 0 atom stereocenters. The number of benzene rings is 1. The highest BCUT2D eigenvalue weighted by Crippen LogP contribution is 2.11. The number of hydrogen-bond acceptors (Lipinski definition) is 2. The van der Waals surface area contributed by atoms with Crippen LogP contribution in [0.3, 0.4) is 0 Å². The summed E-state index contributed by atoms with van der Waals surface area (Å²) in [4.78, 5) is 11.6. The standard InChI is InChI=1S/C9H11N.C4H9NO/c1-2-4-9-7-10-6-5-8(9)3-1;1-4(6)5(2)3/h1-4,10H,5-7H2;1-3H3. The van der Waals surface area contributed by atoms with Gasteiger partial charge in [0.15, 0.2) is 0 Å². The Labute approximate surface area is 97.5 Å². The Balaban J connectivity index is 0.000000187. The van der Waals surface area contributed by atoms with Crippen LogP contribution in [-0.4, -0.2) is 31.4 Å². The molecule has 0 aromatic heterocycles. The summed E-state index contributed by atoms with van der Waals surface area (Å²) < 4.78 is 0. The number of nitrogens with one attached hydrogen (secondary N) is 1. The Kier molecular flexibility index (Phi) is 4.99. The first kappa shape index (κ1) is 12.7. The molecule has 3 nitrogen and oxygen atoms in total. The van der Waals surface area contributed by atoms with Crippen molar-refractivity contribution < 1.29 is 4.79 Å². The van der Waals surface area contributed by atoms with Gasteiger partial charge in [-0.3, -0.25) is 4.79 Å². The molecule has 0 radical (unpaired) electrons. The van der Waals surface area contributed by atoms with Crippen molar-refractivity contribution in [1.82, 2.24) is 10.2 Å². The average Bonchev–Trinajstić information content (AvgIpc) is 2.30. The van der Waals surface area contributed by atoms with Crippen molar-refractivity contribution in [2.75, 3.05) is 20.6 Å². The molecule has 0 bridgehead atoms. The zero-order valence-electron chi connectivity index (χ0n) is 10.3. The lowest BCUT2D eigenvalue weighted by Gasteiger charge is -2.15. The maximum atomic E-state index is 10.1. The van der Waals surface area contributed by atoms with Crippen molar-refractivity contribution >= 4 is 5.91 Å². The SMILES string of the molecule is CC(=O)N(C)C.c1ccc2c(c1)CCNC2. The molecule has 1 aromatic rings. The third-order valence-electron chi connectivity index (χ3n) is 2.63. The van der Waals surface area contributed by atoms with Gasteiger partial charge in [0.05, 0.1) is 0 Å². The largest absolute Gasteiger partial charge is 0.349 e. The van der Waals surface area contributed by atoms with Crippen LogP contribution in [0.2, 0.25) is 0 Å². The van der Waals surface area contributed by atoms with E-state index in [0.717, 1.165) is 13.1 Å². The summed E-state index contributed by atoms with van der Waals surface area (Å²) in [6, 6.07) is 8.63. The fraction of sp³-hybridized carbons (Fsp3) is 0.462. The summed E-state index contributed by atoms with van der Waals surface area (Å²) in [6.07, 6.45) is 1.19. The van der Waals surface area contributed by atoms with Crippen molar-refractivity contribution in [3.8, 4) is 0 Å². The molecule has 0 aliphatic carbocycles. The van der Waals surface area contributed by atoms with Crippen LogP contribution in [0.5, 0.6) is 0 Å². The van der Waals surface area contributed by atoms with Crippen LogP contribution in [0.4, 0.5) is 0 Å². The molecule has 88 valence electrons. The lowest BCUT2D eigenvalue weighted by molar-refractivity contribution is -0.126. The van der Waals surface area contributed by atoms with E-state index in [9.17, 15) is 4.79 Å². The van der Waals surface area contributed by atoms with Crippen molar-refractivity contribution in [2.45, 2.75) is 19.9 Å². The van der Waals surface area contributed by atoms with E-state index in [1.54, 1.807) is 14.1 Å². The van der Waals surface area contributed by atoms with Gasteiger partial charge < -0.3 is 10.2 Å². The number of nitrogens with zero attached hydrogens (tertiary/aromatic N) is 1. The highest BCUT2D eigenvalue weighted by molar-refractivity contribution is 5.72. The molecule has 16 heavy (non-hydrogen) atoms. The van der Waals surface area contributed by atoms with Gasteiger partial charge in [-0.2, -0.15) is 0 Å². The quantitative estimate of drug-likeness (QED) is 0.717. The summed E-state index contributed by atoms with van der Waals surface area (Å²) >= 11 is 0. The molecule has 2 rings (SSSR count). The minimum absolute atomic E-state index is 0.0926. The lowest BCUT2D eigenvalue weighted by Crippen LogP contribution is -2.23. The minimum atomic E-state index is 0.0926. The molecule has 0 fully saturated rings. The van der Waals surface area contributed by atoms with Crippen molar-refractivity contribution in [3.63, 3.8) is 0 Å². The van der Waals surface area contributed by atoms with Crippen LogP contribution in [0.15, 0.2) is 24.3 Å². The third kappa shape index (κ3) is 4.03. The predicted molar refractivity (Wildman–Crippen MR) is 66.2 cm³/mol. The van der Waals surface area contributed by atoms with E-state index in [4.69, 9.17) is 0 Å². The van der Waals surface area contributed by atoms with E-state index in [-0.39, 0.29) is 5.91 Å². The van der Waals surface area contributed by atoms with Gasteiger partial charge in [0.2, 0.25) is 5.91 Å². The second kappa shape index (κ2) is 6.28. The van der Waals surface area contributed by atoms with E-state index in [0.29, 0.717) is 0 Å². The fourth-order valence-electron chi connectivity index (χ4n) is 1.42. The predicted octanol–water partition coefficient (Wildman–Crippen LogP) is 1.43. The highest BCUT2D eigenvalue weighted by Gasteiger charge is 2.05. The molecule has 1 heterocycles. The summed E-state index contributed by atoms with van der Waals surface area (Å²) in [7, 11) is 3.45. The fourth-order valence-corrected chi connectivity index (χ4v) is 1.42. The number of hydrogen-bond donors (Lipinski definition) is 1. The molecular formula is C13H20N2O. The number of carbonyl (C=O) groups is 1. The van der Waals surface area contributed by atoms with Crippen LogP contribution in [0.25, 0.3) is 0 Å². The Bertz CT molecular complexity index is 323. The zero-order chi connectivity index (χ0) is 12.0. The molecule has 0 unspecified atom stereocenters. The second-order valence-corrected chi connectivity index (χ2v) is 4.11. The molecule has 1 aliphatic heterocycles. The number of fused-ring (bicyclic) bond motifs is 1. The number of carbonyl (C=O) groups excluding carboxylic acids is 1. The maximum Gasteiger partial charge on any atom is 0.218 e. The first-order chi connectivity index (χ1) is 7.61. The van der Waals surface area contributed by atoms with Crippen LogP contribution >= 0.6 is 0 Å². The summed E-state index contributed by atoms with van der Waals surface area (Å²) in [5.41, 5.74) is 2.98. The smallest absolute Gasteiger partial charge is 0.218 e. The van der Waals surface area contributed by atoms with Gasteiger partial charge in [-0.25, -0.2) is 0 Å². The van der Waals surface area contributed by atoms with E-state index in [2.05, 4.69) is 29.6 Å². The van der Waals surface area contributed by atoms with Crippen molar-refractivity contribution in [1.29, 1.82) is 0 Å². The minimum Gasteiger partial charge on any atom is -0.349 e. The molecule has 1 aromatic carbocycles. The topological polar surface area (TPSA) is 32.3 Å². The molecule has 3 heteroatoms. The van der Waals surface area contributed by atoms with E-state index in [1.807, 2.05) is 0 Å². The Morgan fingerprint density at radius 3 is 2.31 bits per heavy atom. The number of amides is 1. The summed E-state index contributed by atoms with van der Waals surface area (Å²) in [5.74, 6) is 0.0926. The molecule has 1 amide bonds. The van der Waals surface area contributed by atoms with Gasteiger partial charge in [-0.15, -0.1) is 0 Å². The summed E-state index contributed by atoms with van der Waals surface area (Å²) in [6.45, 7) is 3.72. The van der Waals surface area contributed by atoms with Crippen molar-refractivity contribution in [3.05, 3.63) is 35.4 Å². The van der Waals surface area contributed by atoms with Crippen LogP contribution in [0, 0.1) is 0 Å². The van der Waals surface area contributed by atoms with Crippen molar-refractivity contribution in [2.24, 2.45) is 0 Å². The molecule has 0 saturated carbocycles. The molecule has 0 spiro atoms. The maximum absolute atomic E-state index is 10.1. The van der Waals surface area contributed by atoms with Crippen LogP contribution < -0.4 is 5.32 Å². The Hall–Kier alpha value is -1.35. The normalized spacial score (nSPS) is 13.2. The Morgan fingerprint density at radius 2 is 1.81 bits per heavy atom. The van der Waals surface area contributed by atoms with E-state index >= 15 is 0 Å². The van der Waals surface area contributed by atoms with Gasteiger partial charge in [-0.05, 0) is 24.1 Å². The third-order valence-corrected chi connectivity index (χ3v) is 2.63. The molecule has 0 saturated heterocycles. The second-order valence-electron chi connectivity index (χ2n) is 4.11. The number of rotatable bonds is 0. The summed E-state index contributed by atoms with van der Waals surface area (Å²) in [5, 5.41) is 3.34. The van der Waals surface area contributed by atoms with Gasteiger partial charge in [-0.1, -0.05) is 24.3 Å². The van der Waals surface area contributed by atoms with E-state index in [1.165, 1.54) is 29.4 Å². The van der Waals surface area contributed by atoms with Gasteiger partial charge in [0.1, 0.15) is 0 Å². The molecule has 1 N–H and O–H groups in total. The van der Waals surface area contributed by atoms with Crippen LogP contribution in [0.1, 0.15) is 18.1 Å². The monoisotopic (exact) mass is 220 g/mol. The molecular weight excluding hydrogens is 200 g/mol. The lowest BCUT2D eigenvalue weighted by atomic mass is 10.0. The molecule has 1 aliphatic rings. The first-order valence-corrected chi connectivity index (χ1v) is 5.56. The Morgan fingerprint density at radius 1 is 1.25 bits per heavy atom.